The van der Waals surface area contributed by atoms with Crippen molar-refractivity contribution in [2.75, 3.05) is 19.6 Å². The van der Waals surface area contributed by atoms with Gasteiger partial charge in [-0.1, -0.05) is 36.9 Å². The van der Waals surface area contributed by atoms with Gasteiger partial charge >= 0.3 is 0 Å². The van der Waals surface area contributed by atoms with Crippen molar-refractivity contribution < 1.29 is 0 Å². The second-order valence-electron chi connectivity index (χ2n) is 5.08. The first-order valence-corrected chi connectivity index (χ1v) is 7.13. The second kappa shape index (κ2) is 7.06. The van der Waals surface area contributed by atoms with E-state index in [4.69, 9.17) is 0 Å². The van der Waals surface area contributed by atoms with Crippen molar-refractivity contribution in [3.05, 3.63) is 54.4 Å². The quantitative estimate of drug-likeness (QED) is 0.672. The van der Waals surface area contributed by atoms with Crippen LogP contribution in [0.3, 0.4) is 0 Å². The highest BCUT2D eigenvalue weighted by Gasteiger charge is 2.17. The Labute approximate surface area is 121 Å². The lowest BCUT2D eigenvalue weighted by Crippen LogP contribution is -2.48. The summed E-state index contributed by atoms with van der Waals surface area (Å²) in [6.45, 7) is 11.3. The van der Waals surface area contributed by atoms with Crippen LogP contribution in [0.4, 0.5) is 0 Å². The standard InChI is InChI=1S/C17H23N3/c1-4-18-17(20-11-10-19-15(3)13-20)12-14(2)16-8-6-5-7-9-16/h4-9,12,15,19H,2,10-11,13H2,1,3H3/b17-12+,18-4-. The van der Waals surface area contributed by atoms with Gasteiger partial charge in [0.2, 0.25) is 0 Å². The fourth-order valence-electron chi connectivity index (χ4n) is 2.37. The topological polar surface area (TPSA) is 27.6 Å². The number of benzene rings is 1. The molecule has 1 N–H and O–H groups in total. The van der Waals surface area contributed by atoms with Gasteiger partial charge in [-0.3, -0.25) is 0 Å². The molecule has 1 aromatic carbocycles. The molecule has 106 valence electrons. The molecule has 2 rings (SSSR count). The maximum absolute atomic E-state index is 4.52. The minimum absolute atomic E-state index is 0.490. The van der Waals surface area contributed by atoms with Crippen molar-refractivity contribution >= 4 is 11.8 Å². The highest BCUT2D eigenvalue weighted by Crippen LogP contribution is 2.18. The Morgan fingerprint density at radius 1 is 1.40 bits per heavy atom. The highest BCUT2D eigenvalue weighted by atomic mass is 15.3. The van der Waals surface area contributed by atoms with Crippen LogP contribution in [0.2, 0.25) is 0 Å². The first-order valence-electron chi connectivity index (χ1n) is 7.13. The molecule has 3 nitrogen and oxygen atoms in total. The van der Waals surface area contributed by atoms with Gasteiger partial charge in [-0.15, -0.1) is 0 Å². The van der Waals surface area contributed by atoms with Crippen LogP contribution in [0.1, 0.15) is 19.4 Å². The molecule has 0 bridgehead atoms. The van der Waals surface area contributed by atoms with Crippen molar-refractivity contribution in [2.45, 2.75) is 19.9 Å². The molecule has 1 fully saturated rings. The molecular weight excluding hydrogens is 246 g/mol. The molecule has 0 amide bonds. The van der Waals surface area contributed by atoms with Crippen LogP contribution in [0.5, 0.6) is 0 Å². The van der Waals surface area contributed by atoms with Crippen LogP contribution in [0.15, 0.2) is 53.8 Å². The van der Waals surface area contributed by atoms with Gasteiger partial charge in [0, 0.05) is 31.9 Å². The number of aliphatic imine (C=N–C) groups is 1. The molecule has 1 aromatic rings. The Kier molecular flexibility index (Phi) is 5.13. The van der Waals surface area contributed by atoms with Gasteiger partial charge in [-0.2, -0.15) is 0 Å². The zero-order chi connectivity index (χ0) is 14.4. The van der Waals surface area contributed by atoms with E-state index < -0.39 is 0 Å². The molecule has 1 aliphatic rings. The smallest absolute Gasteiger partial charge is 0.128 e. The minimum atomic E-state index is 0.490. The normalized spacial score (nSPS) is 20.4. The summed E-state index contributed by atoms with van der Waals surface area (Å²) in [6, 6.07) is 10.7. The SMILES string of the molecule is C=C(/C=C(\N=C/C)N1CCNC(C)C1)c1ccccc1. The van der Waals surface area contributed by atoms with E-state index in [9.17, 15) is 0 Å². The summed E-state index contributed by atoms with van der Waals surface area (Å²) < 4.78 is 0. The maximum Gasteiger partial charge on any atom is 0.128 e. The van der Waals surface area contributed by atoms with Gasteiger partial charge in [0.25, 0.3) is 0 Å². The molecule has 1 heterocycles. The predicted molar refractivity (Wildman–Crippen MR) is 86.8 cm³/mol. The fourth-order valence-corrected chi connectivity index (χ4v) is 2.37. The lowest BCUT2D eigenvalue weighted by molar-refractivity contribution is 0.254. The van der Waals surface area contributed by atoms with Crippen LogP contribution >= 0.6 is 0 Å². The van der Waals surface area contributed by atoms with Gasteiger partial charge in [-0.25, -0.2) is 4.99 Å². The highest BCUT2D eigenvalue weighted by molar-refractivity contribution is 5.73. The molecule has 0 aromatic heterocycles. The third-order valence-electron chi connectivity index (χ3n) is 3.40. The second-order valence-corrected chi connectivity index (χ2v) is 5.08. The number of hydrogen-bond acceptors (Lipinski definition) is 3. The molecule has 1 saturated heterocycles. The van der Waals surface area contributed by atoms with E-state index in [2.05, 4.69) is 46.9 Å². The fraction of sp³-hybridized carbons (Fsp3) is 0.353. The average Bonchev–Trinajstić information content (AvgIpc) is 2.47. The lowest BCUT2D eigenvalue weighted by atomic mass is 10.1. The summed E-state index contributed by atoms with van der Waals surface area (Å²) in [6.07, 6.45) is 3.92. The zero-order valence-corrected chi connectivity index (χ0v) is 12.3. The van der Waals surface area contributed by atoms with Crippen molar-refractivity contribution in [3.8, 4) is 0 Å². The number of rotatable bonds is 4. The minimum Gasteiger partial charge on any atom is -0.354 e. The Morgan fingerprint density at radius 2 is 2.15 bits per heavy atom. The largest absolute Gasteiger partial charge is 0.354 e. The van der Waals surface area contributed by atoms with Crippen molar-refractivity contribution in [3.63, 3.8) is 0 Å². The predicted octanol–water partition coefficient (Wildman–Crippen LogP) is 2.93. The van der Waals surface area contributed by atoms with Crippen molar-refractivity contribution in [1.29, 1.82) is 0 Å². The lowest BCUT2D eigenvalue weighted by Gasteiger charge is -2.33. The Balaban J connectivity index is 2.19. The Bertz CT molecular complexity index is 502. The van der Waals surface area contributed by atoms with Crippen LogP contribution in [0, 0.1) is 0 Å². The molecule has 0 aliphatic carbocycles. The third-order valence-corrected chi connectivity index (χ3v) is 3.40. The van der Waals surface area contributed by atoms with Crippen molar-refractivity contribution in [2.24, 2.45) is 4.99 Å². The number of hydrogen-bond donors (Lipinski definition) is 1. The molecule has 0 radical (unpaired) electrons. The summed E-state index contributed by atoms with van der Waals surface area (Å²) in [5.74, 6) is 0.995. The van der Waals surface area contributed by atoms with E-state index in [0.717, 1.165) is 36.6 Å². The summed E-state index contributed by atoms with van der Waals surface area (Å²) in [4.78, 5) is 6.84. The van der Waals surface area contributed by atoms with E-state index in [1.54, 1.807) is 0 Å². The number of piperazine rings is 1. The zero-order valence-electron chi connectivity index (χ0n) is 12.3. The molecule has 3 heteroatoms. The molecule has 0 saturated carbocycles. The number of nitrogens with zero attached hydrogens (tertiary/aromatic N) is 2. The van der Waals surface area contributed by atoms with Gasteiger partial charge in [0.15, 0.2) is 0 Å². The van der Waals surface area contributed by atoms with E-state index in [0.29, 0.717) is 6.04 Å². The van der Waals surface area contributed by atoms with Gasteiger partial charge < -0.3 is 10.2 Å². The van der Waals surface area contributed by atoms with Crippen LogP contribution in [0.25, 0.3) is 5.57 Å². The third kappa shape index (κ3) is 3.81. The summed E-state index contributed by atoms with van der Waals surface area (Å²) >= 11 is 0. The van der Waals surface area contributed by atoms with Crippen LogP contribution in [-0.4, -0.2) is 36.8 Å². The number of allylic oxidation sites excluding steroid dienone is 2. The maximum atomic E-state index is 4.52. The first kappa shape index (κ1) is 14.5. The van der Waals surface area contributed by atoms with E-state index in [1.165, 1.54) is 0 Å². The average molecular weight is 269 g/mol. The first-order chi connectivity index (χ1) is 9.70. The van der Waals surface area contributed by atoms with Gasteiger partial charge in [-0.05, 0) is 31.1 Å². The Hall–Kier alpha value is -1.87. The molecular formula is C17H23N3. The van der Waals surface area contributed by atoms with Crippen LogP contribution in [-0.2, 0) is 0 Å². The molecule has 1 unspecified atom stereocenters. The van der Waals surface area contributed by atoms with E-state index in [1.807, 2.05) is 31.3 Å². The summed E-state index contributed by atoms with van der Waals surface area (Å²) in [5, 5.41) is 3.45. The molecule has 0 spiro atoms. The van der Waals surface area contributed by atoms with Gasteiger partial charge in [0.05, 0.1) is 0 Å². The molecule has 20 heavy (non-hydrogen) atoms. The van der Waals surface area contributed by atoms with Crippen molar-refractivity contribution in [1.82, 2.24) is 10.2 Å². The molecule has 1 aliphatic heterocycles. The monoisotopic (exact) mass is 269 g/mol. The van der Waals surface area contributed by atoms with Gasteiger partial charge in [0.1, 0.15) is 5.82 Å². The van der Waals surface area contributed by atoms with E-state index in [-0.39, 0.29) is 0 Å². The molecule has 1 atom stereocenters. The number of nitrogens with one attached hydrogen (secondary N) is 1. The summed E-state index contributed by atoms with van der Waals surface area (Å²) in [5.41, 5.74) is 2.14. The Morgan fingerprint density at radius 3 is 2.80 bits per heavy atom. The van der Waals surface area contributed by atoms with E-state index >= 15 is 0 Å². The van der Waals surface area contributed by atoms with Crippen LogP contribution < -0.4 is 5.32 Å². The summed E-state index contributed by atoms with van der Waals surface area (Å²) in [7, 11) is 0.